The number of fused-ring (bicyclic) bond motifs is 1. The van der Waals surface area contributed by atoms with Crippen LogP contribution in [0.5, 0.6) is 0 Å². The van der Waals surface area contributed by atoms with Crippen LogP contribution in [0, 0.1) is 11.8 Å². The predicted octanol–water partition coefficient (Wildman–Crippen LogP) is 3.01. The summed E-state index contributed by atoms with van der Waals surface area (Å²) in [5, 5.41) is 0. The first-order valence-corrected chi connectivity index (χ1v) is 6.44. The molecule has 1 saturated heterocycles. The molecule has 0 spiro atoms. The van der Waals surface area contributed by atoms with Crippen LogP contribution in [0.3, 0.4) is 0 Å². The molecular formula is C13H24O2. The van der Waals surface area contributed by atoms with E-state index < -0.39 is 0 Å². The highest BCUT2D eigenvalue weighted by atomic mass is 16.6. The molecule has 88 valence electrons. The molecular weight excluding hydrogens is 188 g/mol. The van der Waals surface area contributed by atoms with Crippen molar-refractivity contribution in [3.05, 3.63) is 0 Å². The first kappa shape index (κ1) is 11.4. The zero-order valence-electron chi connectivity index (χ0n) is 10.2. The normalized spacial score (nSPS) is 36.4. The summed E-state index contributed by atoms with van der Waals surface area (Å²) in [6.07, 6.45) is 6.81. The van der Waals surface area contributed by atoms with Crippen molar-refractivity contribution in [2.45, 2.75) is 64.8 Å². The molecule has 2 rings (SSSR count). The number of rotatable bonds is 5. The molecule has 1 saturated carbocycles. The zero-order chi connectivity index (χ0) is 10.8. The third-order valence-corrected chi connectivity index (χ3v) is 3.87. The predicted molar refractivity (Wildman–Crippen MR) is 60.9 cm³/mol. The molecule has 15 heavy (non-hydrogen) atoms. The first-order chi connectivity index (χ1) is 7.16. The summed E-state index contributed by atoms with van der Waals surface area (Å²) in [5.41, 5.74) is 0. The third-order valence-electron chi connectivity index (χ3n) is 3.87. The van der Waals surface area contributed by atoms with Crippen LogP contribution in [-0.4, -0.2) is 24.9 Å². The van der Waals surface area contributed by atoms with Crippen molar-refractivity contribution < 1.29 is 9.47 Å². The van der Waals surface area contributed by atoms with E-state index in [2.05, 4.69) is 20.8 Å². The Morgan fingerprint density at radius 1 is 1.20 bits per heavy atom. The van der Waals surface area contributed by atoms with Crippen LogP contribution in [0.4, 0.5) is 0 Å². The standard InChI is InChI=1S/C13H24O2/c1-9(2)14-7-6-10(3)11-4-5-12-13(8-11)15-12/h9-13H,4-8H2,1-3H3/t10-,11-,12?,13?/m0/s1. The Balaban J connectivity index is 1.64. The monoisotopic (exact) mass is 212 g/mol. The quantitative estimate of drug-likeness (QED) is 0.653. The maximum Gasteiger partial charge on any atom is 0.0844 e. The van der Waals surface area contributed by atoms with Gasteiger partial charge < -0.3 is 9.47 Å². The molecule has 2 unspecified atom stereocenters. The lowest BCUT2D eigenvalue weighted by Crippen LogP contribution is -2.21. The summed E-state index contributed by atoms with van der Waals surface area (Å²) >= 11 is 0. The van der Waals surface area contributed by atoms with Crippen LogP contribution in [0.2, 0.25) is 0 Å². The fourth-order valence-corrected chi connectivity index (χ4v) is 2.68. The average Bonchev–Trinajstić information content (AvgIpc) is 2.94. The molecule has 0 radical (unpaired) electrons. The fourth-order valence-electron chi connectivity index (χ4n) is 2.68. The third kappa shape index (κ3) is 3.18. The maximum absolute atomic E-state index is 5.61. The lowest BCUT2D eigenvalue weighted by molar-refractivity contribution is 0.0622. The van der Waals surface area contributed by atoms with Gasteiger partial charge in [-0.05, 0) is 51.4 Å². The van der Waals surface area contributed by atoms with E-state index in [4.69, 9.17) is 9.47 Å². The maximum atomic E-state index is 5.61. The van der Waals surface area contributed by atoms with Crippen LogP contribution in [0.15, 0.2) is 0 Å². The summed E-state index contributed by atoms with van der Waals surface area (Å²) in [6.45, 7) is 7.50. The first-order valence-electron chi connectivity index (χ1n) is 6.44. The van der Waals surface area contributed by atoms with Gasteiger partial charge in [0.05, 0.1) is 18.3 Å². The lowest BCUT2D eigenvalue weighted by atomic mass is 9.80. The van der Waals surface area contributed by atoms with Crippen molar-refractivity contribution in [2.75, 3.05) is 6.61 Å². The van der Waals surface area contributed by atoms with Gasteiger partial charge in [-0.3, -0.25) is 0 Å². The molecule has 0 aromatic heterocycles. The molecule has 1 aliphatic carbocycles. The van der Waals surface area contributed by atoms with Gasteiger partial charge >= 0.3 is 0 Å². The lowest BCUT2D eigenvalue weighted by Gasteiger charge is -2.25. The Morgan fingerprint density at radius 3 is 2.67 bits per heavy atom. The molecule has 0 aromatic rings. The van der Waals surface area contributed by atoms with Gasteiger partial charge in [0, 0.05) is 6.61 Å². The minimum Gasteiger partial charge on any atom is -0.379 e. The van der Waals surface area contributed by atoms with Gasteiger partial charge in [-0.1, -0.05) is 6.92 Å². The highest BCUT2D eigenvalue weighted by Crippen LogP contribution is 2.42. The van der Waals surface area contributed by atoms with Gasteiger partial charge in [0.1, 0.15) is 0 Å². The molecule has 1 aliphatic heterocycles. The Labute approximate surface area is 93.3 Å². The highest BCUT2D eigenvalue weighted by Gasteiger charge is 2.44. The van der Waals surface area contributed by atoms with E-state index in [0.717, 1.165) is 18.4 Å². The molecule has 0 N–H and O–H groups in total. The molecule has 2 fully saturated rings. The molecule has 2 heteroatoms. The Bertz CT molecular complexity index is 203. The molecule has 2 aliphatic rings. The van der Waals surface area contributed by atoms with Gasteiger partial charge in [-0.15, -0.1) is 0 Å². The fraction of sp³-hybridized carbons (Fsp3) is 1.00. The Morgan fingerprint density at radius 2 is 2.00 bits per heavy atom. The van der Waals surface area contributed by atoms with Crippen LogP contribution in [-0.2, 0) is 9.47 Å². The van der Waals surface area contributed by atoms with E-state index in [-0.39, 0.29) is 0 Å². The van der Waals surface area contributed by atoms with Crippen molar-refractivity contribution >= 4 is 0 Å². The minimum atomic E-state index is 0.375. The van der Waals surface area contributed by atoms with E-state index in [1.54, 1.807) is 0 Å². The van der Waals surface area contributed by atoms with E-state index in [9.17, 15) is 0 Å². The van der Waals surface area contributed by atoms with E-state index in [1.807, 2.05) is 0 Å². The molecule has 0 aromatic carbocycles. The number of hydrogen-bond acceptors (Lipinski definition) is 2. The summed E-state index contributed by atoms with van der Waals surface area (Å²) in [4.78, 5) is 0. The topological polar surface area (TPSA) is 21.8 Å². The van der Waals surface area contributed by atoms with Gasteiger partial charge in [-0.25, -0.2) is 0 Å². The molecule has 0 amide bonds. The summed E-state index contributed by atoms with van der Waals surface area (Å²) in [6, 6.07) is 0. The second kappa shape index (κ2) is 4.84. The minimum absolute atomic E-state index is 0.375. The Kier molecular flexibility index (Phi) is 3.68. The van der Waals surface area contributed by atoms with E-state index in [1.165, 1.54) is 25.7 Å². The van der Waals surface area contributed by atoms with Gasteiger partial charge in [0.15, 0.2) is 0 Å². The molecule has 1 heterocycles. The second-order valence-electron chi connectivity index (χ2n) is 5.47. The average molecular weight is 212 g/mol. The van der Waals surface area contributed by atoms with Crippen LogP contribution in [0.25, 0.3) is 0 Å². The van der Waals surface area contributed by atoms with Crippen LogP contribution < -0.4 is 0 Å². The van der Waals surface area contributed by atoms with Crippen molar-refractivity contribution in [3.63, 3.8) is 0 Å². The molecule has 2 nitrogen and oxygen atoms in total. The molecule has 4 atom stereocenters. The van der Waals surface area contributed by atoms with Gasteiger partial charge in [0.2, 0.25) is 0 Å². The summed E-state index contributed by atoms with van der Waals surface area (Å²) < 4.78 is 11.2. The zero-order valence-corrected chi connectivity index (χ0v) is 10.2. The smallest absolute Gasteiger partial charge is 0.0844 e. The number of ether oxygens (including phenoxy) is 2. The van der Waals surface area contributed by atoms with Gasteiger partial charge in [0.25, 0.3) is 0 Å². The molecule has 0 bridgehead atoms. The Hall–Kier alpha value is -0.0800. The number of hydrogen-bond donors (Lipinski definition) is 0. The van der Waals surface area contributed by atoms with E-state index >= 15 is 0 Å². The second-order valence-corrected chi connectivity index (χ2v) is 5.47. The van der Waals surface area contributed by atoms with Crippen molar-refractivity contribution in [3.8, 4) is 0 Å². The highest BCUT2D eigenvalue weighted by molar-refractivity contribution is 4.92. The van der Waals surface area contributed by atoms with Crippen LogP contribution >= 0.6 is 0 Å². The van der Waals surface area contributed by atoms with Crippen LogP contribution in [0.1, 0.15) is 46.5 Å². The largest absolute Gasteiger partial charge is 0.379 e. The summed E-state index contributed by atoms with van der Waals surface area (Å²) in [7, 11) is 0. The number of epoxide rings is 1. The van der Waals surface area contributed by atoms with E-state index in [0.29, 0.717) is 18.3 Å². The van der Waals surface area contributed by atoms with Gasteiger partial charge in [-0.2, -0.15) is 0 Å². The van der Waals surface area contributed by atoms with Crippen molar-refractivity contribution in [1.82, 2.24) is 0 Å². The SMILES string of the molecule is CC(C)OCC[C@H](C)[C@H]1CCC2OC2C1. The summed E-state index contributed by atoms with van der Waals surface area (Å²) in [5.74, 6) is 1.68. The van der Waals surface area contributed by atoms with Crippen molar-refractivity contribution in [1.29, 1.82) is 0 Å². The van der Waals surface area contributed by atoms with Crippen molar-refractivity contribution in [2.24, 2.45) is 11.8 Å².